The summed E-state index contributed by atoms with van der Waals surface area (Å²) in [6, 6.07) is -0.598. The van der Waals surface area contributed by atoms with Gasteiger partial charge in [0.15, 0.2) is 0 Å². The smallest absolute Gasteiger partial charge is 0.325 e. The van der Waals surface area contributed by atoms with Crippen LogP contribution >= 0.6 is 0 Å². The lowest BCUT2D eigenvalue weighted by Crippen LogP contribution is -2.28. The maximum Gasteiger partial charge on any atom is 0.325 e. The number of aliphatic carboxylic acids is 1. The van der Waals surface area contributed by atoms with Gasteiger partial charge in [0.2, 0.25) is 0 Å². The molecule has 0 aromatic carbocycles. The molecular weight excluding hydrogens is 206 g/mol. The van der Waals surface area contributed by atoms with Crippen molar-refractivity contribution in [3.8, 4) is 12.3 Å². The van der Waals surface area contributed by atoms with E-state index in [0.717, 1.165) is 0 Å². The minimum atomic E-state index is -0.960. The van der Waals surface area contributed by atoms with Crippen LogP contribution in [0.4, 0.5) is 0 Å². The van der Waals surface area contributed by atoms with Gasteiger partial charge in [-0.15, -0.1) is 6.42 Å². The standard InChI is InChI=1S/C11H15N3O2/c1-4-5-12-10(11(15)16)9-6-13-14(7-9)8(2)3/h1,6-8,10,12H,5H2,2-3H3,(H,15,16). The minimum Gasteiger partial charge on any atom is -0.480 e. The molecule has 1 heterocycles. The van der Waals surface area contributed by atoms with E-state index in [4.69, 9.17) is 11.5 Å². The molecule has 5 nitrogen and oxygen atoms in total. The first-order chi connectivity index (χ1) is 7.56. The highest BCUT2D eigenvalue weighted by atomic mass is 16.4. The Morgan fingerprint density at radius 1 is 1.75 bits per heavy atom. The monoisotopic (exact) mass is 221 g/mol. The van der Waals surface area contributed by atoms with Gasteiger partial charge in [-0.05, 0) is 13.8 Å². The average molecular weight is 221 g/mol. The molecule has 1 aromatic rings. The Labute approximate surface area is 94.5 Å². The van der Waals surface area contributed by atoms with Crippen LogP contribution in [0.5, 0.6) is 0 Å². The number of carbonyl (C=O) groups is 1. The summed E-state index contributed by atoms with van der Waals surface area (Å²) in [7, 11) is 0. The molecular formula is C11H15N3O2. The van der Waals surface area contributed by atoms with Crippen LogP contribution in [0.2, 0.25) is 0 Å². The summed E-state index contributed by atoms with van der Waals surface area (Å²) in [5, 5.41) is 15.9. The molecule has 1 unspecified atom stereocenters. The van der Waals surface area contributed by atoms with Crippen molar-refractivity contribution >= 4 is 5.97 Å². The number of aromatic nitrogens is 2. The van der Waals surface area contributed by atoms with E-state index < -0.39 is 12.0 Å². The van der Waals surface area contributed by atoms with E-state index in [9.17, 15) is 4.79 Å². The number of nitrogens with one attached hydrogen (secondary N) is 1. The lowest BCUT2D eigenvalue weighted by molar-refractivity contribution is -0.139. The van der Waals surface area contributed by atoms with E-state index >= 15 is 0 Å². The van der Waals surface area contributed by atoms with Crippen molar-refractivity contribution in [1.82, 2.24) is 15.1 Å². The Balaban J connectivity index is 2.85. The van der Waals surface area contributed by atoms with Crippen LogP contribution in [0.1, 0.15) is 31.5 Å². The maximum atomic E-state index is 11.0. The number of terminal acetylenes is 1. The molecule has 0 amide bonds. The average Bonchev–Trinajstić information content (AvgIpc) is 2.67. The largest absolute Gasteiger partial charge is 0.480 e. The molecule has 1 aromatic heterocycles. The molecule has 0 aliphatic heterocycles. The molecule has 0 fully saturated rings. The topological polar surface area (TPSA) is 67.2 Å². The van der Waals surface area contributed by atoms with Gasteiger partial charge in [0.1, 0.15) is 6.04 Å². The van der Waals surface area contributed by atoms with E-state index in [1.165, 1.54) is 0 Å². The summed E-state index contributed by atoms with van der Waals surface area (Å²) >= 11 is 0. The normalized spacial score (nSPS) is 12.4. The molecule has 0 spiro atoms. The zero-order valence-electron chi connectivity index (χ0n) is 9.34. The number of hydrogen-bond acceptors (Lipinski definition) is 3. The first kappa shape index (κ1) is 12.3. The highest BCUT2D eigenvalue weighted by molar-refractivity contribution is 5.75. The summed E-state index contributed by atoms with van der Waals surface area (Å²) in [6.07, 6.45) is 8.34. The van der Waals surface area contributed by atoms with Gasteiger partial charge in [0.05, 0.1) is 12.7 Å². The second-order valence-corrected chi connectivity index (χ2v) is 3.70. The third-order valence-electron chi connectivity index (χ3n) is 2.14. The predicted molar refractivity (Wildman–Crippen MR) is 59.8 cm³/mol. The number of carboxylic acid groups (broad SMARTS) is 1. The molecule has 1 rings (SSSR count). The van der Waals surface area contributed by atoms with Gasteiger partial charge in [-0.2, -0.15) is 5.10 Å². The van der Waals surface area contributed by atoms with Crippen LogP contribution in [0.25, 0.3) is 0 Å². The summed E-state index contributed by atoms with van der Waals surface area (Å²) in [5.41, 5.74) is 0.608. The second kappa shape index (κ2) is 5.33. The minimum absolute atomic E-state index is 0.204. The first-order valence-electron chi connectivity index (χ1n) is 5.00. The van der Waals surface area contributed by atoms with Crippen LogP contribution in [-0.4, -0.2) is 27.4 Å². The second-order valence-electron chi connectivity index (χ2n) is 3.70. The van der Waals surface area contributed by atoms with E-state index in [2.05, 4.69) is 16.3 Å². The fourth-order valence-electron chi connectivity index (χ4n) is 1.29. The van der Waals surface area contributed by atoms with Gasteiger partial charge in [0.25, 0.3) is 0 Å². The number of carboxylic acids is 1. The summed E-state index contributed by atoms with van der Waals surface area (Å²) in [4.78, 5) is 11.0. The molecule has 0 radical (unpaired) electrons. The molecule has 1 atom stereocenters. The van der Waals surface area contributed by atoms with Crippen LogP contribution < -0.4 is 5.32 Å². The zero-order chi connectivity index (χ0) is 12.1. The van der Waals surface area contributed by atoms with Crippen molar-refractivity contribution in [2.75, 3.05) is 6.54 Å². The van der Waals surface area contributed by atoms with Gasteiger partial charge in [-0.1, -0.05) is 5.92 Å². The van der Waals surface area contributed by atoms with Gasteiger partial charge in [0, 0.05) is 17.8 Å². The van der Waals surface area contributed by atoms with Crippen LogP contribution in [0.15, 0.2) is 12.4 Å². The maximum absolute atomic E-state index is 11.0. The fourth-order valence-corrected chi connectivity index (χ4v) is 1.29. The van der Waals surface area contributed by atoms with Crippen molar-refractivity contribution in [1.29, 1.82) is 0 Å². The summed E-state index contributed by atoms with van der Waals surface area (Å²) in [5.74, 6) is 1.39. The highest BCUT2D eigenvalue weighted by Crippen LogP contribution is 2.14. The Morgan fingerprint density at radius 2 is 2.44 bits per heavy atom. The van der Waals surface area contributed by atoms with Crippen molar-refractivity contribution in [3.63, 3.8) is 0 Å². The molecule has 2 N–H and O–H groups in total. The Morgan fingerprint density at radius 3 is 2.88 bits per heavy atom. The Kier molecular flexibility index (Phi) is 4.09. The summed E-state index contributed by atoms with van der Waals surface area (Å²) < 4.78 is 1.71. The number of rotatable bonds is 5. The zero-order valence-corrected chi connectivity index (χ0v) is 9.34. The Bertz CT molecular complexity index is 404. The molecule has 0 saturated heterocycles. The van der Waals surface area contributed by atoms with Gasteiger partial charge in [-0.3, -0.25) is 14.8 Å². The lowest BCUT2D eigenvalue weighted by atomic mass is 10.1. The fraction of sp³-hybridized carbons (Fsp3) is 0.455. The van der Waals surface area contributed by atoms with Gasteiger partial charge >= 0.3 is 5.97 Å². The van der Waals surface area contributed by atoms with E-state index in [-0.39, 0.29) is 12.6 Å². The molecule has 0 bridgehead atoms. The van der Waals surface area contributed by atoms with Crippen LogP contribution in [0, 0.1) is 12.3 Å². The van der Waals surface area contributed by atoms with E-state index in [1.54, 1.807) is 17.1 Å². The Hall–Kier alpha value is -1.80. The van der Waals surface area contributed by atoms with E-state index in [1.807, 2.05) is 13.8 Å². The molecule has 0 aliphatic carbocycles. The van der Waals surface area contributed by atoms with Crippen molar-refractivity contribution in [2.24, 2.45) is 0 Å². The molecule has 86 valence electrons. The molecule has 0 aliphatic rings. The van der Waals surface area contributed by atoms with Crippen molar-refractivity contribution < 1.29 is 9.90 Å². The van der Waals surface area contributed by atoms with Gasteiger partial charge in [-0.25, -0.2) is 0 Å². The number of nitrogens with zero attached hydrogens (tertiary/aromatic N) is 2. The quantitative estimate of drug-likeness (QED) is 0.722. The first-order valence-corrected chi connectivity index (χ1v) is 5.00. The van der Waals surface area contributed by atoms with Crippen molar-refractivity contribution in [3.05, 3.63) is 18.0 Å². The third kappa shape index (κ3) is 2.84. The van der Waals surface area contributed by atoms with Crippen LogP contribution in [-0.2, 0) is 4.79 Å². The summed E-state index contributed by atoms with van der Waals surface area (Å²) in [6.45, 7) is 4.16. The molecule has 5 heteroatoms. The van der Waals surface area contributed by atoms with Crippen molar-refractivity contribution in [2.45, 2.75) is 25.9 Å². The highest BCUT2D eigenvalue weighted by Gasteiger charge is 2.20. The van der Waals surface area contributed by atoms with Gasteiger partial charge < -0.3 is 5.11 Å². The third-order valence-corrected chi connectivity index (χ3v) is 2.14. The molecule has 16 heavy (non-hydrogen) atoms. The SMILES string of the molecule is C#CCNC(C(=O)O)c1cnn(C(C)C)c1. The van der Waals surface area contributed by atoms with E-state index in [0.29, 0.717) is 5.56 Å². The molecule has 0 saturated carbocycles. The lowest BCUT2D eigenvalue weighted by Gasteiger charge is -2.10. The predicted octanol–water partition coefficient (Wildman–Crippen LogP) is 0.812. The number of hydrogen-bond donors (Lipinski definition) is 2. The van der Waals surface area contributed by atoms with Crippen LogP contribution in [0.3, 0.4) is 0 Å².